The lowest BCUT2D eigenvalue weighted by Gasteiger charge is -2.04. The molecule has 0 aliphatic carbocycles. The zero-order valence-electron chi connectivity index (χ0n) is 16.5. The molecular formula is C21H20N6OS. The maximum absolute atomic E-state index is 5.40. The van der Waals surface area contributed by atoms with Gasteiger partial charge in [-0.05, 0) is 51.0 Å². The topological polar surface area (TPSA) is 74.0 Å². The van der Waals surface area contributed by atoms with Gasteiger partial charge in [0.2, 0.25) is 4.96 Å². The molecular weight excluding hydrogens is 384 g/mol. The van der Waals surface area contributed by atoms with Crippen LogP contribution in [-0.4, -0.2) is 29.6 Å². The molecule has 0 atom stereocenters. The van der Waals surface area contributed by atoms with Crippen molar-refractivity contribution in [2.24, 2.45) is 0 Å². The van der Waals surface area contributed by atoms with Crippen LogP contribution in [0.5, 0.6) is 0 Å². The van der Waals surface area contributed by atoms with Crippen LogP contribution in [0.4, 0.5) is 0 Å². The standard InChI is InChI=1S/C21H20N6OS/c1-13-17(14(2)26(24-13)16-7-5-4-6-8-16)9-10-19-25-27-20(22-23-21(27)29-19)18-11-12-28-15(18)3/h4-8,11-12H,9-10H2,1-3H3. The average Bonchev–Trinajstić information content (AvgIpc) is 3.46. The molecule has 7 nitrogen and oxygen atoms in total. The summed E-state index contributed by atoms with van der Waals surface area (Å²) in [5.74, 6) is 1.53. The van der Waals surface area contributed by atoms with Crippen molar-refractivity contribution in [3.63, 3.8) is 0 Å². The van der Waals surface area contributed by atoms with Gasteiger partial charge in [-0.25, -0.2) is 4.68 Å². The molecule has 1 aromatic carbocycles. The summed E-state index contributed by atoms with van der Waals surface area (Å²) < 4.78 is 9.23. The molecule has 0 saturated heterocycles. The Morgan fingerprint density at radius 1 is 0.966 bits per heavy atom. The molecule has 5 rings (SSSR count). The molecule has 0 N–H and O–H groups in total. The lowest BCUT2D eigenvalue weighted by Crippen LogP contribution is -2.00. The number of aryl methyl sites for hydroxylation is 3. The third-order valence-electron chi connectivity index (χ3n) is 5.16. The van der Waals surface area contributed by atoms with Gasteiger partial charge >= 0.3 is 0 Å². The SMILES string of the molecule is Cc1nn(-c2ccccc2)c(C)c1CCc1nn2c(-c3ccoc3C)nnc2s1. The van der Waals surface area contributed by atoms with Crippen LogP contribution in [0.1, 0.15) is 27.7 Å². The quantitative estimate of drug-likeness (QED) is 0.436. The third-order valence-corrected chi connectivity index (χ3v) is 6.12. The number of aromatic nitrogens is 6. The zero-order valence-corrected chi connectivity index (χ0v) is 17.3. The van der Waals surface area contributed by atoms with Crippen molar-refractivity contribution in [2.75, 3.05) is 0 Å². The van der Waals surface area contributed by atoms with E-state index in [1.54, 1.807) is 17.6 Å². The van der Waals surface area contributed by atoms with E-state index in [4.69, 9.17) is 14.6 Å². The highest BCUT2D eigenvalue weighted by Gasteiger charge is 2.18. The van der Waals surface area contributed by atoms with Gasteiger partial charge in [0.05, 0.1) is 23.2 Å². The van der Waals surface area contributed by atoms with Crippen molar-refractivity contribution in [3.05, 3.63) is 70.4 Å². The second-order valence-corrected chi connectivity index (χ2v) is 8.04. The van der Waals surface area contributed by atoms with Gasteiger partial charge in [-0.3, -0.25) is 0 Å². The number of hydrogen-bond acceptors (Lipinski definition) is 6. The number of nitrogens with zero attached hydrogens (tertiary/aromatic N) is 6. The predicted octanol–water partition coefficient (Wildman–Crippen LogP) is 4.34. The summed E-state index contributed by atoms with van der Waals surface area (Å²) in [4.78, 5) is 0.795. The van der Waals surface area contributed by atoms with E-state index in [9.17, 15) is 0 Å². The molecule has 0 bridgehead atoms. The van der Waals surface area contributed by atoms with Gasteiger partial charge in [0.25, 0.3) is 0 Å². The van der Waals surface area contributed by atoms with E-state index in [1.807, 2.05) is 40.4 Å². The number of rotatable bonds is 5. The first-order valence-corrected chi connectivity index (χ1v) is 10.3. The molecule has 0 saturated carbocycles. The van der Waals surface area contributed by atoms with Crippen LogP contribution in [0.2, 0.25) is 0 Å². The zero-order chi connectivity index (χ0) is 20.0. The Kier molecular flexibility index (Phi) is 4.28. The highest BCUT2D eigenvalue weighted by Crippen LogP contribution is 2.26. The summed E-state index contributed by atoms with van der Waals surface area (Å²) in [6, 6.07) is 12.1. The lowest BCUT2D eigenvalue weighted by molar-refractivity contribution is 0.535. The molecule has 0 aliphatic rings. The first-order valence-electron chi connectivity index (χ1n) is 9.48. The van der Waals surface area contributed by atoms with Crippen molar-refractivity contribution >= 4 is 16.3 Å². The first-order chi connectivity index (χ1) is 14.1. The van der Waals surface area contributed by atoms with E-state index in [0.29, 0.717) is 0 Å². The minimum atomic E-state index is 0.720. The van der Waals surface area contributed by atoms with Gasteiger partial charge in [0.1, 0.15) is 10.8 Å². The van der Waals surface area contributed by atoms with Gasteiger partial charge in [-0.2, -0.15) is 14.7 Å². The normalized spacial score (nSPS) is 11.6. The molecule has 4 aromatic heterocycles. The van der Waals surface area contributed by atoms with Gasteiger partial charge < -0.3 is 4.42 Å². The summed E-state index contributed by atoms with van der Waals surface area (Å²) in [6.45, 7) is 6.11. The number of furan rings is 1. The fourth-order valence-corrected chi connectivity index (χ4v) is 4.46. The summed E-state index contributed by atoms with van der Waals surface area (Å²) in [6.07, 6.45) is 3.38. The molecule has 8 heteroatoms. The maximum Gasteiger partial charge on any atom is 0.234 e. The molecule has 29 heavy (non-hydrogen) atoms. The summed E-state index contributed by atoms with van der Waals surface area (Å²) >= 11 is 1.58. The van der Waals surface area contributed by atoms with Gasteiger partial charge in [0.15, 0.2) is 5.82 Å². The molecule has 0 unspecified atom stereocenters. The van der Waals surface area contributed by atoms with E-state index < -0.39 is 0 Å². The van der Waals surface area contributed by atoms with Crippen molar-refractivity contribution in [2.45, 2.75) is 33.6 Å². The highest BCUT2D eigenvalue weighted by molar-refractivity contribution is 7.16. The van der Waals surface area contributed by atoms with Crippen LogP contribution < -0.4 is 0 Å². The van der Waals surface area contributed by atoms with Gasteiger partial charge in [-0.1, -0.05) is 29.5 Å². The molecule has 0 spiro atoms. The van der Waals surface area contributed by atoms with E-state index in [-0.39, 0.29) is 0 Å². The Hall–Kier alpha value is -3.26. The van der Waals surface area contributed by atoms with Gasteiger partial charge in [0, 0.05) is 12.1 Å². The molecule has 4 heterocycles. The van der Waals surface area contributed by atoms with Crippen molar-refractivity contribution in [1.82, 2.24) is 29.6 Å². The average molecular weight is 404 g/mol. The number of para-hydroxylation sites is 1. The van der Waals surface area contributed by atoms with E-state index in [0.717, 1.165) is 51.3 Å². The fraction of sp³-hybridized carbons (Fsp3) is 0.238. The number of fused-ring (bicyclic) bond motifs is 1. The minimum absolute atomic E-state index is 0.720. The van der Waals surface area contributed by atoms with Crippen LogP contribution in [-0.2, 0) is 12.8 Å². The van der Waals surface area contributed by atoms with E-state index >= 15 is 0 Å². The third kappa shape index (κ3) is 3.05. The Morgan fingerprint density at radius 2 is 1.79 bits per heavy atom. The van der Waals surface area contributed by atoms with E-state index in [1.165, 1.54) is 11.3 Å². The van der Waals surface area contributed by atoms with Crippen LogP contribution >= 0.6 is 11.3 Å². The van der Waals surface area contributed by atoms with E-state index in [2.05, 4.69) is 36.2 Å². The molecule has 0 fully saturated rings. The van der Waals surface area contributed by atoms with Crippen molar-refractivity contribution in [1.29, 1.82) is 0 Å². The maximum atomic E-state index is 5.40. The van der Waals surface area contributed by atoms with Crippen LogP contribution in [0.3, 0.4) is 0 Å². The Labute approximate surface area is 171 Å². The molecule has 0 amide bonds. The first kappa shape index (κ1) is 17.8. The highest BCUT2D eigenvalue weighted by atomic mass is 32.1. The molecule has 0 aliphatic heterocycles. The number of benzene rings is 1. The Bertz CT molecular complexity index is 1290. The summed E-state index contributed by atoms with van der Waals surface area (Å²) in [5.41, 5.74) is 5.50. The second kappa shape index (κ2) is 6.97. The largest absolute Gasteiger partial charge is 0.469 e. The fourth-order valence-electron chi connectivity index (χ4n) is 3.63. The lowest BCUT2D eigenvalue weighted by atomic mass is 10.1. The Morgan fingerprint density at radius 3 is 2.55 bits per heavy atom. The Balaban J connectivity index is 1.41. The van der Waals surface area contributed by atoms with Gasteiger partial charge in [-0.15, -0.1) is 10.2 Å². The second-order valence-electron chi connectivity index (χ2n) is 7.00. The van der Waals surface area contributed by atoms with Crippen molar-refractivity contribution < 1.29 is 4.42 Å². The minimum Gasteiger partial charge on any atom is -0.469 e. The van der Waals surface area contributed by atoms with Crippen LogP contribution in [0.15, 0.2) is 47.1 Å². The van der Waals surface area contributed by atoms with Crippen LogP contribution in [0.25, 0.3) is 22.0 Å². The summed E-state index contributed by atoms with van der Waals surface area (Å²) in [5, 5.41) is 19.1. The van der Waals surface area contributed by atoms with Crippen molar-refractivity contribution in [3.8, 4) is 17.1 Å². The number of hydrogen-bond donors (Lipinski definition) is 0. The predicted molar refractivity (Wildman–Crippen MR) is 112 cm³/mol. The molecule has 0 radical (unpaired) electrons. The smallest absolute Gasteiger partial charge is 0.234 e. The monoisotopic (exact) mass is 404 g/mol. The summed E-state index contributed by atoms with van der Waals surface area (Å²) in [7, 11) is 0. The molecule has 5 aromatic rings. The molecule has 146 valence electrons. The van der Waals surface area contributed by atoms with Crippen LogP contribution in [0, 0.1) is 20.8 Å².